The maximum atomic E-state index is 10.3. The summed E-state index contributed by atoms with van der Waals surface area (Å²) in [4.78, 5) is 10.3. The lowest BCUT2D eigenvalue weighted by atomic mass is 10.1. The Kier molecular flexibility index (Phi) is 2.89. The van der Waals surface area contributed by atoms with Crippen LogP contribution >= 0.6 is 0 Å². The molecule has 0 aliphatic rings. The standard InChI is InChI=1S/C8H12N2O3/c1-3-5(2)6-4-7(13-10-6)12-8(9)11/h4-5H,3H2,1-2H3,(H2,9,11). The highest BCUT2D eigenvalue weighted by Gasteiger charge is 2.11. The fourth-order valence-electron chi connectivity index (χ4n) is 0.860. The predicted molar refractivity (Wildman–Crippen MR) is 45.4 cm³/mol. The Labute approximate surface area is 75.8 Å². The SMILES string of the molecule is CCC(C)c1cc(OC(N)=O)on1. The molecule has 1 unspecified atom stereocenters. The monoisotopic (exact) mass is 184 g/mol. The Morgan fingerprint density at radius 1 is 1.85 bits per heavy atom. The Hall–Kier alpha value is -1.52. The van der Waals surface area contributed by atoms with E-state index >= 15 is 0 Å². The molecule has 1 amide bonds. The van der Waals surface area contributed by atoms with Crippen molar-refractivity contribution in [1.29, 1.82) is 0 Å². The van der Waals surface area contributed by atoms with E-state index in [-0.39, 0.29) is 11.9 Å². The van der Waals surface area contributed by atoms with Crippen molar-refractivity contribution >= 4 is 6.09 Å². The number of aromatic nitrogens is 1. The van der Waals surface area contributed by atoms with Gasteiger partial charge in [0.05, 0.1) is 5.69 Å². The van der Waals surface area contributed by atoms with E-state index < -0.39 is 6.09 Å². The topological polar surface area (TPSA) is 78.4 Å². The molecule has 13 heavy (non-hydrogen) atoms. The molecule has 5 heteroatoms. The molecular formula is C8H12N2O3. The molecule has 1 aromatic rings. The first-order valence-corrected chi connectivity index (χ1v) is 4.07. The molecule has 0 aliphatic heterocycles. The van der Waals surface area contributed by atoms with Crippen LogP contribution in [0.1, 0.15) is 31.9 Å². The fraction of sp³-hybridized carbons (Fsp3) is 0.500. The van der Waals surface area contributed by atoms with Gasteiger partial charge in [0.25, 0.3) is 0 Å². The largest absolute Gasteiger partial charge is 0.412 e. The average Bonchev–Trinajstić information content (AvgIpc) is 2.50. The van der Waals surface area contributed by atoms with E-state index in [9.17, 15) is 4.79 Å². The van der Waals surface area contributed by atoms with Crippen molar-refractivity contribution in [2.45, 2.75) is 26.2 Å². The summed E-state index contributed by atoms with van der Waals surface area (Å²) < 4.78 is 9.22. The van der Waals surface area contributed by atoms with Gasteiger partial charge in [-0.25, -0.2) is 4.79 Å². The van der Waals surface area contributed by atoms with Crippen LogP contribution in [-0.4, -0.2) is 11.2 Å². The summed E-state index contributed by atoms with van der Waals surface area (Å²) in [5.74, 6) is 0.330. The number of hydrogen-bond donors (Lipinski definition) is 1. The van der Waals surface area contributed by atoms with Crippen LogP contribution in [0.15, 0.2) is 10.6 Å². The van der Waals surface area contributed by atoms with Crippen LogP contribution in [0, 0.1) is 0 Å². The first-order chi connectivity index (χ1) is 6.13. The molecular weight excluding hydrogens is 172 g/mol. The number of nitrogens with zero attached hydrogens (tertiary/aromatic N) is 1. The summed E-state index contributed by atoms with van der Waals surface area (Å²) in [6, 6.07) is 1.57. The van der Waals surface area contributed by atoms with Gasteiger partial charge in [0.15, 0.2) is 0 Å². The van der Waals surface area contributed by atoms with E-state index in [1.54, 1.807) is 6.07 Å². The van der Waals surface area contributed by atoms with Gasteiger partial charge in [-0.1, -0.05) is 19.0 Å². The van der Waals surface area contributed by atoms with Crippen LogP contribution in [0.4, 0.5) is 4.79 Å². The van der Waals surface area contributed by atoms with Crippen molar-refractivity contribution in [2.75, 3.05) is 0 Å². The van der Waals surface area contributed by atoms with Crippen molar-refractivity contribution < 1.29 is 14.1 Å². The molecule has 1 atom stereocenters. The summed E-state index contributed by atoms with van der Waals surface area (Å²) in [7, 11) is 0. The van der Waals surface area contributed by atoms with Gasteiger partial charge in [0, 0.05) is 12.0 Å². The van der Waals surface area contributed by atoms with Gasteiger partial charge < -0.3 is 15.0 Å². The number of carbonyl (C=O) groups is 1. The van der Waals surface area contributed by atoms with Gasteiger partial charge in [-0.2, -0.15) is 0 Å². The van der Waals surface area contributed by atoms with Crippen LogP contribution in [0.2, 0.25) is 0 Å². The van der Waals surface area contributed by atoms with Crippen LogP contribution in [0.5, 0.6) is 5.95 Å². The minimum absolute atomic E-state index is 0.0443. The smallest absolute Gasteiger partial charge is 0.374 e. The van der Waals surface area contributed by atoms with E-state index in [1.807, 2.05) is 13.8 Å². The molecule has 0 bridgehead atoms. The molecule has 1 aromatic heterocycles. The van der Waals surface area contributed by atoms with E-state index in [0.29, 0.717) is 0 Å². The molecule has 5 nitrogen and oxygen atoms in total. The van der Waals surface area contributed by atoms with Crippen molar-refractivity contribution in [1.82, 2.24) is 5.16 Å². The second-order valence-corrected chi connectivity index (χ2v) is 2.80. The minimum Gasteiger partial charge on any atom is -0.374 e. The van der Waals surface area contributed by atoms with Crippen molar-refractivity contribution in [3.63, 3.8) is 0 Å². The molecule has 0 radical (unpaired) electrons. The van der Waals surface area contributed by atoms with Gasteiger partial charge in [0.1, 0.15) is 0 Å². The third-order valence-electron chi connectivity index (χ3n) is 1.83. The Morgan fingerprint density at radius 3 is 3.08 bits per heavy atom. The van der Waals surface area contributed by atoms with E-state index in [2.05, 4.69) is 9.89 Å². The molecule has 0 aromatic carbocycles. The quantitative estimate of drug-likeness (QED) is 0.774. The number of nitrogens with two attached hydrogens (primary N) is 1. The summed E-state index contributed by atoms with van der Waals surface area (Å²) in [5, 5.41) is 3.73. The molecule has 0 saturated heterocycles. The number of rotatable bonds is 3. The van der Waals surface area contributed by atoms with Gasteiger partial charge in [-0.15, -0.1) is 0 Å². The average molecular weight is 184 g/mol. The highest BCUT2D eigenvalue weighted by Crippen LogP contribution is 2.21. The Bertz CT molecular complexity index is 295. The van der Waals surface area contributed by atoms with Gasteiger partial charge in [-0.3, -0.25) is 0 Å². The maximum absolute atomic E-state index is 10.3. The molecule has 2 N–H and O–H groups in total. The summed E-state index contributed by atoms with van der Waals surface area (Å²) in [5.41, 5.74) is 5.56. The number of carbonyl (C=O) groups excluding carboxylic acids is 1. The molecule has 0 spiro atoms. The molecule has 1 heterocycles. The second kappa shape index (κ2) is 3.93. The van der Waals surface area contributed by atoms with Crippen LogP contribution in [0.25, 0.3) is 0 Å². The van der Waals surface area contributed by atoms with Crippen molar-refractivity contribution in [3.8, 4) is 5.95 Å². The first kappa shape index (κ1) is 9.57. The summed E-state index contributed by atoms with van der Waals surface area (Å²) >= 11 is 0. The van der Waals surface area contributed by atoms with Crippen molar-refractivity contribution in [3.05, 3.63) is 11.8 Å². The molecule has 0 fully saturated rings. The van der Waals surface area contributed by atoms with Gasteiger partial charge >= 0.3 is 12.0 Å². The minimum atomic E-state index is -0.896. The Balaban J connectivity index is 2.68. The summed E-state index contributed by atoms with van der Waals surface area (Å²) in [6.07, 6.45) is 0.0505. The lowest BCUT2D eigenvalue weighted by molar-refractivity contribution is 0.190. The third kappa shape index (κ3) is 2.47. The van der Waals surface area contributed by atoms with Crippen molar-refractivity contribution in [2.24, 2.45) is 5.73 Å². The second-order valence-electron chi connectivity index (χ2n) is 2.80. The fourth-order valence-corrected chi connectivity index (χ4v) is 0.860. The number of ether oxygens (including phenoxy) is 1. The van der Waals surface area contributed by atoms with Gasteiger partial charge in [-0.05, 0) is 6.42 Å². The molecule has 72 valence electrons. The van der Waals surface area contributed by atoms with E-state index in [1.165, 1.54) is 0 Å². The predicted octanol–water partition coefficient (Wildman–Crippen LogP) is 1.65. The maximum Gasteiger partial charge on any atom is 0.412 e. The zero-order valence-electron chi connectivity index (χ0n) is 7.61. The number of primary amides is 1. The highest BCUT2D eigenvalue weighted by atomic mass is 16.7. The zero-order valence-corrected chi connectivity index (χ0v) is 7.61. The third-order valence-corrected chi connectivity index (χ3v) is 1.83. The number of amides is 1. The van der Waals surface area contributed by atoms with Gasteiger partial charge in [0.2, 0.25) is 0 Å². The first-order valence-electron chi connectivity index (χ1n) is 4.07. The molecule has 0 saturated carbocycles. The summed E-state index contributed by atoms with van der Waals surface area (Å²) in [6.45, 7) is 4.04. The zero-order chi connectivity index (χ0) is 9.84. The highest BCUT2D eigenvalue weighted by molar-refractivity contribution is 5.67. The van der Waals surface area contributed by atoms with E-state index in [0.717, 1.165) is 12.1 Å². The van der Waals surface area contributed by atoms with Crippen LogP contribution in [0.3, 0.4) is 0 Å². The number of hydrogen-bond acceptors (Lipinski definition) is 4. The van der Waals surface area contributed by atoms with Crippen LogP contribution < -0.4 is 10.5 Å². The lowest BCUT2D eigenvalue weighted by Crippen LogP contribution is -2.15. The molecule has 1 rings (SSSR count). The Morgan fingerprint density at radius 2 is 2.54 bits per heavy atom. The van der Waals surface area contributed by atoms with E-state index in [4.69, 9.17) is 10.3 Å². The normalized spacial score (nSPS) is 12.5. The molecule has 0 aliphatic carbocycles. The lowest BCUT2D eigenvalue weighted by Gasteiger charge is -1.99. The van der Waals surface area contributed by atoms with Crippen LogP contribution in [-0.2, 0) is 0 Å².